The van der Waals surface area contributed by atoms with Crippen LogP contribution < -0.4 is 15.2 Å². The van der Waals surface area contributed by atoms with E-state index >= 15 is 0 Å². The summed E-state index contributed by atoms with van der Waals surface area (Å²) in [6, 6.07) is 6.60. The molecule has 0 amide bonds. The van der Waals surface area contributed by atoms with Crippen molar-refractivity contribution in [1.29, 1.82) is 0 Å². The summed E-state index contributed by atoms with van der Waals surface area (Å²) in [5, 5.41) is 0. The van der Waals surface area contributed by atoms with Gasteiger partial charge in [0.2, 0.25) is 0 Å². The Kier molecular flexibility index (Phi) is 6.67. The molecule has 2 N–H and O–H groups in total. The molecule has 0 heterocycles. The van der Waals surface area contributed by atoms with E-state index in [0.29, 0.717) is 6.04 Å². The molecule has 0 saturated carbocycles. The van der Waals surface area contributed by atoms with E-state index in [4.69, 9.17) is 15.2 Å². The maximum Gasteiger partial charge on any atom is 0.160 e. The van der Waals surface area contributed by atoms with E-state index in [9.17, 15) is 0 Å². The summed E-state index contributed by atoms with van der Waals surface area (Å²) in [7, 11) is 5.46. The van der Waals surface area contributed by atoms with Crippen LogP contribution >= 0.6 is 0 Å². The van der Waals surface area contributed by atoms with Crippen LogP contribution in [-0.2, 0) is 6.42 Å². The molecule has 0 fully saturated rings. The highest BCUT2D eigenvalue weighted by Crippen LogP contribution is 2.27. The summed E-state index contributed by atoms with van der Waals surface area (Å²) in [6.07, 6.45) is 2.02. The number of rotatable bonds is 8. The Hall–Kier alpha value is -1.26. The van der Waals surface area contributed by atoms with Crippen LogP contribution in [0, 0.1) is 0 Å². The quantitative estimate of drug-likeness (QED) is 0.781. The zero-order valence-corrected chi connectivity index (χ0v) is 12.5. The molecule has 1 aromatic rings. The number of hydrogen-bond acceptors (Lipinski definition) is 4. The van der Waals surface area contributed by atoms with Crippen molar-refractivity contribution in [3.63, 3.8) is 0 Å². The number of likely N-dealkylation sites (N-methyl/N-ethyl adjacent to an activating group) is 1. The average molecular weight is 266 g/mol. The minimum absolute atomic E-state index is 0.519. The van der Waals surface area contributed by atoms with Crippen molar-refractivity contribution in [1.82, 2.24) is 4.90 Å². The predicted molar refractivity (Wildman–Crippen MR) is 79.0 cm³/mol. The predicted octanol–water partition coefficient (Wildman–Crippen LogP) is 1.92. The number of methoxy groups -OCH3 is 2. The first-order chi connectivity index (χ1) is 9.12. The Morgan fingerprint density at radius 1 is 1.21 bits per heavy atom. The summed E-state index contributed by atoms with van der Waals surface area (Å²) in [5.41, 5.74) is 6.84. The van der Waals surface area contributed by atoms with Gasteiger partial charge in [0, 0.05) is 12.6 Å². The van der Waals surface area contributed by atoms with E-state index in [1.165, 1.54) is 5.56 Å². The summed E-state index contributed by atoms with van der Waals surface area (Å²) in [5.74, 6) is 1.56. The highest BCUT2D eigenvalue weighted by Gasteiger charge is 2.09. The van der Waals surface area contributed by atoms with Gasteiger partial charge in [-0.1, -0.05) is 6.07 Å². The summed E-state index contributed by atoms with van der Waals surface area (Å²) in [4.78, 5) is 2.34. The summed E-state index contributed by atoms with van der Waals surface area (Å²) < 4.78 is 10.6. The average Bonchev–Trinajstić information content (AvgIpc) is 2.44. The van der Waals surface area contributed by atoms with Crippen molar-refractivity contribution >= 4 is 0 Å². The number of benzene rings is 1. The molecule has 1 aromatic carbocycles. The van der Waals surface area contributed by atoms with Gasteiger partial charge in [-0.25, -0.2) is 0 Å². The monoisotopic (exact) mass is 266 g/mol. The lowest BCUT2D eigenvalue weighted by molar-refractivity contribution is 0.251. The molecule has 1 atom stereocenters. The van der Waals surface area contributed by atoms with Crippen LogP contribution in [0.15, 0.2) is 18.2 Å². The third-order valence-corrected chi connectivity index (χ3v) is 3.54. The fraction of sp³-hybridized carbons (Fsp3) is 0.600. The molecule has 19 heavy (non-hydrogen) atoms. The molecule has 0 bridgehead atoms. The van der Waals surface area contributed by atoms with Gasteiger partial charge in [-0.3, -0.25) is 0 Å². The normalized spacial score (nSPS) is 12.5. The van der Waals surface area contributed by atoms with E-state index < -0.39 is 0 Å². The first-order valence-corrected chi connectivity index (χ1v) is 6.73. The van der Waals surface area contributed by atoms with Crippen LogP contribution in [0.25, 0.3) is 0 Å². The van der Waals surface area contributed by atoms with Gasteiger partial charge in [-0.15, -0.1) is 0 Å². The van der Waals surface area contributed by atoms with Gasteiger partial charge in [0.1, 0.15) is 0 Å². The van der Waals surface area contributed by atoms with Crippen LogP contribution in [-0.4, -0.2) is 45.3 Å². The lowest BCUT2D eigenvalue weighted by Gasteiger charge is -2.24. The lowest BCUT2D eigenvalue weighted by atomic mass is 10.1. The van der Waals surface area contributed by atoms with Crippen LogP contribution in [0.1, 0.15) is 18.9 Å². The Balaban J connectivity index is 2.58. The van der Waals surface area contributed by atoms with Gasteiger partial charge < -0.3 is 20.1 Å². The van der Waals surface area contributed by atoms with E-state index in [2.05, 4.69) is 24.9 Å². The fourth-order valence-electron chi connectivity index (χ4n) is 2.02. The van der Waals surface area contributed by atoms with Crippen LogP contribution in [0.2, 0.25) is 0 Å². The highest BCUT2D eigenvalue weighted by atomic mass is 16.5. The third kappa shape index (κ3) is 4.73. The lowest BCUT2D eigenvalue weighted by Crippen LogP contribution is -2.32. The highest BCUT2D eigenvalue weighted by molar-refractivity contribution is 5.42. The standard InChI is InChI=1S/C15H26N2O2/c1-12(7-9-16)17(2)10-8-13-5-6-14(18-3)15(11-13)19-4/h5-6,11-12H,7-10,16H2,1-4H3. The van der Waals surface area contributed by atoms with Crippen molar-refractivity contribution in [2.45, 2.75) is 25.8 Å². The maximum absolute atomic E-state index is 5.59. The molecule has 0 aromatic heterocycles. The fourth-order valence-corrected chi connectivity index (χ4v) is 2.02. The number of nitrogens with two attached hydrogens (primary N) is 1. The summed E-state index contributed by atoms with van der Waals surface area (Å²) >= 11 is 0. The molecule has 4 heteroatoms. The minimum Gasteiger partial charge on any atom is -0.493 e. The smallest absolute Gasteiger partial charge is 0.160 e. The van der Waals surface area contributed by atoms with E-state index in [0.717, 1.165) is 37.4 Å². The molecular weight excluding hydrogens is 240 g/mol. The SMILES string of the molecule is COc1ccc(CCN(C)C(C)CCN)cc1OC. The van der Waals surface area contributed by atoms with Crippen molar-refractivity contribution < 1.29 is 9.47 Å². The molecule has 0 spiro atoms. The van der Waals surface area contributed by atoms with Crippen LogP contribution in [0.5, 0.6) is 11.5 Å². The second kappa shape index (κ2) is 8.02. The van der Waals surface area contributed by atoms with Gasteiger partial charge in [0.25, 0.3) is 0 Å². The molecule has 0 aliphatic carbocycles. The second-order valence-electron chi connectivity index (χ2n) is 4.85. The number of nitrogens with zero attached hydrogens (tertiary/aromatic N) is 1. The van der Waals surface area contributed by atoms with Crippen LogP contribution in [0.3, 0.4) is 0 Å². The Labute approximate surface area is 116 Å². The molecule has 0 aliphatic heterocycles. The van der Waals surface area contributed by atoms with E-state index in [1.54, 1.807) is 14.2 Å². The topological polar surface area (TPSA) is 47.7 Å². The molecule has 4 nitrogen and oxygen atoms in total. The maximum atomic E-state index is 5.59. The van der Waals surface area contributed by atoms with Gasteiger partial charge in [-0.2, -0.15) is 0 Å². The van der Waals surface area contributed by atoms with Crippen molar-refractivity contribution in [3.8, 4) is 11.5 Å². The van der Waals surface area contributed by atoms with Crippen molar-refractivity contribution in [2.24, 2.45) is 5.73 Å². The minimum atomic E-state index is 0.519. The van der Waals surface area contributed by atoms with Gasteiger partial charge in [0.15, 0.2) is 11.5 Å². The Morgan fingerprint density at radius 3 is 2.47 bits per heavy atom. The largest absolute Gasteiger partial charge is 0.493 e. The van der Waals surface area contributed by atoms with Crippen molar-refractivity contribution in [3.05, 3.63) is 23.8 Å². The zero-order chi connectivity index (χ0) is 14.3. The number of hydrogen-bond donors (Lipinski definition) is 1. The Bertz CT molecular complexity index is 382. The molecule has 1 unspecified atom stereocenters. The zero-order valence-electron chi connectivity index (χ0n) is 12.5. The second-order valence-corrected chi connectivity index (χ2v) is 4.85. The first-order valence-electron chi connectivity index (χ1n) is 6.73. The molecule has 0 radical (unpaired) electrons. The molecule has 0 saturated heterocycles. The third-order valence-electron chi connectivity index (χ3n) is 3.54. The van der Waals surface area contributed by atoms with Crippen LogP contribution in [0.4, 0.5) is 0 Å². The van der Waals surface area contributed by atoms with Gasteiger partial charge >= 0.3 is 0 Å². The molecular formula is C15H26N2O2. The first kappa shape index (κ1) is 15.8. The summed E-state index contributed by atoms with van der Waals surface area (Å²) in [6.45, 7) is 3.96. The number of ether oxygens (including phenoxy) is 2. The molecule has 1 rings (SSSR count). The van der Waals surface area contributed by atoms with Crippen molar-refractivity contribution in [2.75, 3.05) is 34.4 Å². The van der Waals surface area contributed by atoms with Gasteiger partial charge in [0.05, 0.1) is 14.2 Å². The van der Waals surface area contributed by atoms with E-state index in [-0.39, 0.29) is 0 Å². The van der Waals surface area contributed by atoms with E-state index in [1.807, 2.05) is 12.1 Å². The molecule has 0 aliphatic rings. The molecule has 108 valence electrons. The Morgan fingerprint density at radius 2 is 1.89 bits per heavy atom. The van der Waals surface area contributed by atoms with Gasteiger partial charge in [-0.05, 0) is 51.1 Å².